The van der Waals surface area contributed by atoms with Crippen LogP contribution in [0.3, 0.4) is 0 Å². The molecule has 1 amide bonds. The first kappa shape index (κ1) is 22.4. The van der Waals surface area contributed by atoms with Gasteiger partial charge in [-0.1, -0.05) is 18.2 Å². The van der Waals surface area contributed by atoms with Crippen LogP contribution in [0.5, 0.6) is 5.75 Å². The highest BCUT2D eigenvalue weighted by molar-refractivity contribution is 7.89. The smallest absolute Gasteiger partial charge is 0.309 e. The third-order valence-electron chi connectivity index (χ3n) is 3.96. The molecule has 0 saturated carbocycles. The van der Waals surface area contributed by atoms with Crippen LogP contribution in [-0.2, 0) is 24.3 Å². The zero-order chi connectivity index (χ0) is 21.4. The lowest BCUT2D eigenvalue weighted by atomic mass is 10.2. The second-order valence-corrected chi connectivity index (χ2v) is 8.17. The number of benzene rings is 2. The molecule has 0 unspecified atom stereocenters. The van der Waals surface area contributed by atoms with Gasteiger partial charge in [-0.05, 0) is 56.3 Å². The van der Waals surface area contributed by atoms with Gasteiger partial charge < -0.3 is 14.8 Å². The summed E-state index contributed by atoms with van der Waals surface area (Å²) in [4.78, 5) is 23.8. The fraction of sp³-hybridized carbons (Fsp3) is 0.300. The van der Waals surface area contributed by atoms with Crippen molar-refractivity contribution in [2.45, 2.75) is 25.2 Å². The normalized spacial score (nSPS) is 11.0. The van der Waals surface area contributed by atoms with Crippen molar-refractivity contribution >= 4 is 27.6 Å². The molecule has 2 N–H and O–H groups in total. The number of esters is 1. The Balaban J connectivity index is 1.80. The lowest BCUT2D eigenvalue weighted by Crippen LogP contribution is -2.23. The van der Waals surface area contributed by atoms with Crippen molar-refractivity contribution in [2.24, 2.45) is 0 Å². The van der Waals surface area contributed by atoms with E-state index in [0.717, 1.165) is 5.56 Å². The lowest BCUT2D eigenvalue weighted by Gasteiger charge is -2.11. The van der Waals surface area contributed by atoms with E-state index in [1.54, 1.807) is 25.1 Å². The number of rotatable bonds is 9. The molecule has 0 bridgehead atoms. The number of sulfonamides is 1. The van der Waals surface area contributed by atoms with Crippen LogP contribution in [0, 0.1) is 13.8 Å². The Labute approximate surface area is 170 Å². The van der Waals surface area contributed by atoms with Crippen molar-refractivity contribution in [1.82, 2.24) is 4.72 Å². The standard InChI is InChI=1S/C20H24N2O6S/c1-14-5-4-6-17(11-14)27-10-9-20(24)28-13-19(23)22-16-8-7-15(2)18(12-16)29(25,26)21-3/h4-8,11-12,21H,9-10,13H2,1-3H3,(H,22,23). The average molecular weight is 420 g/mol. The number of hydrogen-bond acceptors (Lipinski definition) is 6. The summed E-state index contributed by atoms with van der Waals surface area (Å²) in [6, 6.07) is 11.9. The van der Waals surface area contributed by atoms with E-state index < -0.39 is 28.5 Å². The minimum Gasteiger partial charge on any atom is -0.493 e. The fourth-order valence-electron chi connectivity index (χ4n) is 2.45. The number of hydrogen-bond donors (Lipinski definition) is 2. The molecule has 0 fully saturated rings. The number of aryl methyl sites for hydroxylation is 2. The summed E-state index contributed by atoms with van der Waals surface area (Å²) in [5.74, 6) is -0.494. The van der Waals surface area contributed by atoms with Gasteiger partial charge in [0.15, 0.2) is 6.61 Å². The second-order valence-electron chi connectivity index (χ2n) is 6.31. The highest BCUT2D eigenvalue weighted by atomic mass is 32.2. The van der Waals surface area contributed by atoms with Crippen LogP contribution >= 0.6 is 0 Å². The van der Waals surface area contributed by atoms with Gasteiger partial charge in [-0.25, -0.2) is 13.1 Å². The minimum absolute atomic E-state index is 0.00366. The Hall–Kier alpha value is -2.91. The molecule has 2 aromatic carbocycles. The molecule has 0 radical (unpaired) electrons. The van der Waals surface area contributed by atoms with E-state index in [1.807, 2.05) is 25.1 Å². The van der Waals surface area contributed by atoms with Crippen LogP contribution in [0.1, 0.15) is 17.5 Å². The van der Waals surface area contributed by atoms with Gasteiger partial charge in [0.25, 0.3) is 5.91 Å². The lowest BCUT2D eigenvalue weighted by molar-refractivity contribution is -0.147. The van der Waals surface area contributed by atoms with E-state index in [9.17, 15) is 18.0 Å². The fourth-order valence-corrected chi connectivity index (χ4v) is 3.44. The number of nitrogens with one attached hydrogen (secondary N) is 2. The van der Waals surface area contributed by atoms with Gasteiger partial charge in [0, 0.05) is 5.69 Å². The van der Waals surface area contributed by atoms with E-state index in [-0.39, 0.29) is 23.6 Å². The first-order valence-electron chi connectivity index (χ1n) is 8.90. The topological polar surface area (TPSA) is 111 Å². The predicted octanol–water partition coefficient (Wildman–Crippen LogP) is 2.16. The van der Waals surface area contributed by atoms with Crippen molar-refractivity contribution in [2.75, 3.05) is 25.6 Å². The van der Waals surface area contributed by atoms with Gasteiger partial charge in [0.05, 0.1) is 17.9 Å². The summed E-state index contributed by atoms with van der Waals surface area (Å²) >= 11 is 0. The molecule has 0 aliphatic rings. The quantitative estimate of drug-likeness (QED) is 0.602. The molecule has 0 aliphatic heterocycles. The van der Waals surface area contributed by atoms with Crippen LogP contribution < -0.4 is 14.8 Å². The van der Waals surface area contributed by atoms with Gasteiger partial charge >= 0.3 is 5.97 Å². The molecule has 9 heteroatoms. The van der Waals surface area contributed by atoms with Crippen molar-refractivity contribution in [3.05, 3.63) is 53.6 Å². The molecule has 0 spiro atoms. The van der Waals surface area contributed by atoms with Crippen molar-refractivity contribution < 1.29 is 27.5 Å². The molecule has 156 valence electrons. The number of carbonyl (C=O) groups is 2. The first-order chi connectivity index (χ1) is 13.7. The Morgan fingerprint density at radius 2 is 1.83 bits per heavy atom. The van der Waals surface area contributed by atoms with Gasteiger partial charge in [-0.15, -0.1) is 0 Å². The third kappa shape index (κ3) is 6.88. The summed E-state index contributed by atoms with van der Waals surface area (Å²) in [5, 5.41) is 2.51. The molecule has 29 heavy (non-hydrogen) atoms. The van der Waals surface area contributed by atoms with Crippen LogP contribution in [0.15, 0.2) is 47.4 Å². The molecule has 2 rings (SSSR count). The minimum atomic E-state index is -3.65. The largest absolute Gasteiger partial charge is 0.493 e. The van der Waals surface area contributed by atoms with Gasteiger partial charge in [0.1, 0.15) is 5.75 Å². The summed E-state index contributed by atoms with van der Waals surface area (Å²) < 4.78 is 36.6. The summed E-state index contributed by atoms with van der Waals surface area (Å²) in [5.41, 5.74) is 1.87. The summed E-state index contributed by atoms with van der Waals surface area (Å²) in [6.45, 7) is 3.24. The maximum Gasteiger partial charge on any atom is 0.309 e. The van der Waals surface area contributed by atoms with Gasteiger partial charge in [-0.2, -0.15) is 0 Å². The summed E-state index contributed by atoms with van der Waals surface area (Å²) in [6.07, 6.45) is -0.00366. The summed E-state index contributed by atoms with van der Waals surface area (Å²) in [7, 11) is -2.34. The van der Waals surface area contributed by atoms with E-state index in [2.05, 4.69) is 10.0 Å². The molecule has 2 aromatic rings. The second kappa shape index (κ2) is 10.0. The Morgan fingerprint density at radius 1 is 1.07 bits per heavy atom. The molecule has 0 saturated heterocycles. The number of ether oxygens (including phenoxy) is 2. The predicted molar refractivity (Wildman–Crippen MR) is 108 cm³/mol. The van der Waals surface area contributed by atoms with Crippen LogP contribution in [-0.4, -0.2) is 40.6 Å². The Morgan fingerprint density at radius 3 is 2.52 bits per heavy atom. The molecular weight excluding hydrogens is 396 g/mol. The van der Waals surface area contributed by atoms with E-state index >= 15 is 0 Å². The third-order valence-corrected chi connectivity index (χ3v) is 5.52. The van der Waals surface area contributed by atoms with E-state index in [1.165, 1.54) is 13.1 Å². The number of amides is 1. The maximum atomic E-state index is 12.0. The van der Waals surface area contributed by atoms with E-state index in [4.69, 9.17) is 9.47 Å². The molecule has 0 aliphatic carbocycles. The van der Waals surface area contributed by atoms with Gasteiger partial charge in [0.2, 0.25) is 10.0 Å². The monoisotopic (exact) mass is 420 g/mol. The Bertz CT molecular complexity index is 988. The Kier molecular flexibility index (Phi) is 7.74. The molecule has 8 nitrogen and oxygen atoms in total. The molecule has 0 aromatic heterocycles. The highest BCUT2D eigenvalue weighted by Gasteiger charge is 2.16. The van der Waals surface area contributed by atoms with Crippen molar-refractivity contribution in [1.29, 1.82) is 0 Å². The molecule has 0 atom stereocenters. The van der Waals surface area contributed by atoms with Crippen LogP contribution in [0.2, 0.25) is 0 Å². The zero-order valence-corrected chi connectivity index (χ0v) is 17.3. The molecular formula is C20H24N2O6S. The highest BCUT2D eigenvalue weighted by Crippen LogP contribution is 2.20. The van der Waals surface area contributed by atoms with E-state index in [0.29, 0.717) is 11.3 Å². The zero-order valence-electron chi connectivity index (χ0n) is 16.5. The maximum absolute atomic E-state index is 12.0. The van der Waals surface area contributed by atoms with Gasteiger partial charge in [-0.3, -0.25) is 9.59 Å². The average Bonchev–Trinajstić information content (AvgIpc) is 2.68. The van der Waals surface area contributed by atoms with Crippen LogP contribution in [0.25, 0.3) is 0 Å². The van der Waals surface area contributed by atoms with Crippen LogP contribution in [0.4, 0.5) is 5.69 Å². The van der Waals surface area contributed by atoms with Crippen molar-refractivity contribution in [3.63, 3.8) is 0 Å². The van der Waals surface area contributed by atoms with Crippen molar-refractivity contribution in [3.8, 4) is 5.75 Å². The first-order valence-corrected chi connectivity index (χ1v) is 10.4. The molecule has 0 heterocycles. The SMILES string of the molecule is CNS(=O)(=O)c1cc(NC(=O)COC(=O)CCOc2cccc(C)c2)ccc1C. The number of anilines is 1. The number of carbonyl (C=O) groups excluding carboxylic acids is 2.